The van der Waals surface area contributed by atoms with Crippen molar-refractivity contribution in [1.82, 2.24) is 9.62 Å². The molecule has 1 saturated heterocycles. The number of thiol groups is 1. The first-order valence-corrected chi connectivity index (χ1v) is 16.3. The minimum absolute atomic E-state index is 0.0348. The molecule has 0 aromatic heterocycles. The second-order valence-corrected chi connectivity index (χ2v) is 13.9. The summed E-state index contributed by atoms with van der Waals surface area (Å²) in [5, 5.41) is 23.2. The van der Waals surface area contributed by atoms with Crippen molar-refractivity contribution in [3.63, 3.8) is 0 Å². The van der Waals surface area contributed by atoms with Gasteiger partial charge in [-0.15, -0.1) is 0 Å². The van der Waals surface area contributed by atoms with Gasteiger partial charge in [-0.1, -0.05) is 66.5 Å². The Bertz CT molecular complexity index is 1670. The number of nitrogens with one attached hydrogen (secondary N) is 1. The molecule has 11 heteroatoms. The summed E-state index contributed by atoms with van der Waals surface area (Å²) in [6.07, 6.45) is 1.16. The number of nitrogens with zero attached hydrogens (tertiary/aromatic N) is 2. The number of carboxylic acids is 1. The largest absolute Gasteiger partial charge is 0.481 e. The first kappa shape index (κ1) is 32.0. The van der Waals surface area contributed by atoms with E-state index in [-0.39, 0.29) is 48.7 Å². The molecule has 5 rings (SSSR count). The summed E-state index contributed by atoms with van der Waals surface area (Å²) in [6, 6.07) is 23.3. The molecule has 1 saturated carbocycles. The number of halogens is 2. The molecule has 1 aliphatic carbocycles. The maximum absolute atomic E-state index is 13.4. The number of benzene rings is 3. The third-order valence-electron chi connectivity index (χ3n) is 8.96. The van der Waals surface area contributed by atoms with Crippen molar-refractivity contribution in [3.8, 4) is 6.07 Å². The number of piperidine rings is 1. The van der Waals surface area contributed by atoms with Gasteiger partial charge in [0.1, 0.15) is 0 Å². The second-order valence-electron chi connectivity index (χ2n) is 12.1. The normalized spacial score (nSPS) is 25.3. The van der Waals surface area contributed by atoms with Crippen LogP contribution in [-0.4, -0.2) is 41.8 Å². The molecule has 1 aliphatic heterocycles. The number of aliphatic carboxylic acids is 1. The number of amides is 1. The Hall–Kier alpha value is -3.42. The van der Waals surface area contributed by atoms with Gasteiger partial charge in [0.2, 0.25) is 16.8 Å². The average molecular weight is 655 g/mol. The van der Waals surface area contributed by atoms with Crippen molar-refractivity contribution in [2.75, 3.05) is 0 Å². The number of nitriles is 1. The summed E-state index contributed by atoms with van der Waals surface area (Å²) in [7, 11) is -2.91. The van der Waals surface area contributed by atoms with E-state index in [1.54, 1.807) is 43.3 Å². The number of carboxylic acid groups (broad SMARTS) is 1. The van der Waals surface area contributed by atoms with E-state index in [1.165, 1.54) is 4.31 Å². The molecule has 0 radical (unpaired) electrons. The first-order valence-electron chi connectivity index (χ1n) is 14.4. The lowest BCUT2D eigenvalue weighted by Gasteiger charge is -2.43. The Labute approximate surface area is 268 Å². The molecule has 0 spiro atoms. The molecule has 2 fully saturated rings. The van der Waals surface area contributed by atoms with Crippen LogP contribution in [0, 0.1) is 22.7 Å². The van der Waals surface area contributed by atoms with Gasteiger partial charge < -0.3 is 10.4 Å². The fraction of sp³-hybridized carbons (Fsp3) is 0.364. The molecule has 6 unspecified atom stereocenters. The maximum atomic E-state index is 13.4. The van der Waals surface area contributed by atoms with Gasteiger partial charge in [0.25, 0.3) is 0 Å². The van der Waals surface area contributed by atoms with Crippen LogP contribution in [0.1, 0.15) is 66.7 Å². The molecule has 2 N–H and O–H groups in total. The molecule has 2 aliphatic rings. The molecule has 3 aromatic rings. The Morgan fingerprint density at radius 2 is 1.84 bits per heavy atom. The molecule has 8 nitrogen and oxygen atoms in total. The molecule has 230 valence electrons. The highest BCUT2D eigenvalue weighted by Gasteiger charge is 2.51. The van der Waals surface area contributed by atoms with Crippen LogP contribution in [0.5, 0.6) is 0 Å². The minimum Gasteiger partial charge on any atom is -0.481 e. The van der Waals surface area contributed by atoms with E-state index in [2.05, 4.69) is 11.4 Å². The van der Waals surface area contributed by atoms with Crippen LogP contribution in [-0.2, 0) is 27.0 Å². The zero-order valence-electron chi connectivity index (χ0n) is 24.0. The van der Waals surface area contributed by atoms with E-state index < -0.39 is 22.3 Å². The molecule has 6 atom stereocenters. The van der Waals surface area contributed by atoms with E-state index in [4.69, 9.17) is 23.2 Å². The summed E-state index contributed by atoms with van der Waals surface area (Å²) in [5.41, 5.74) is 1.97. The first-order chi connectivity index (χ1) is 21.0. The Morgan fingerprint density at radius 3 is 2.50 bits per heavy atom. The van der Waals surface area contributed by atoms with Gasteiger partial charge in [0.15, 0.2) is 0 Å². The van der Waals surface area contributed by atoms with Crippen molar-refractivity contribution in [3.05, 3.63) is 105 Å². The van der Waals surface area contributed by atoms with Crippen LogP contribution >= 0.6 is 23.2 Å². The molecular formula is C33H33Cl2N3O5S. The lowest BCUT2D eigenvalue weighted by molar-refractivity contribution is -0.147. The third-order valence-corrected chi connectivity index (χ3v) is 10.3. The van der Waals surface area contributed by atoms with Crippen LogP contribution in [0.2, 0.25) is 10.0 Å². The van der Waals surface area contributed by atoms with Gasteiger partial charge in [-0.3, -0.25) is 9.59 Å². The quantitative estimate of drug-likeness (QED) is 0.221. The monoisotopic (exact) mass is 653 g/mol. The van der Waals surface area contributed by atoms with E-state index >= 15 is 0 Å². The lowest BCUT2D eigenvalue weighted by Crippen LogP contribution is -2.54. The standard InChI is InChI=1S/C33H33Cl2N3O5S/c1-33(17-31(39)40)16-28(23-6-3-7-25(35)13-23)29(37-32(33)41)14-26(22-8-10-24(34)11-9-22)27-15-30(27)38(44(42)43)19-21-5-2-4-20(12-21)18-36/h2-13,26-30,44H,14-17,19H2,1H3,(H,37,41)(H,39,40). The molecule has 1 heterocycles. The zero-order valence-corrected chi connectivity index (χ0v) is 26.4. The summed E-state index contributed by atoms with van der Waals surface area (Å²) < 4.78 is 26.5. The van der Waals surface area contributed by atoms with E-state index in [9.17, 15) is 28.4 Å². The molecule has 44 heavy (non-hydrogen) atoms. The number of carbonyl (C=O) groups excluding carboxylic acids is 1. The van der Waals surface area contributed by atoms with Gasteiger partial charge in [-0.05, 0) is 84.2 Å². The van der Waals surface area contributed by atoms with E-state index in [1.807, 2.05) is 36.4 Å². The van der Waals surface area contributed by atoms with Crippen molar-refractivity contribution in [1.29, 1.82) is 5.26 Å². The number of rotatable bonds is 11. The SMILES string of the molecule is CC1(CC(=O)O)CC(c2cccc(Cl)c2)C(CC(c2ccc(Cl)cc2)C2CC2N(Cc2cccc(C#N)c2)[SH](=O)=O)NC1=O. The van der Waals surface area contributed by atoms with Crippen LogP contribution < -0.4 is 5.32 Å². The highest BCUT2D eigenvalue weighted by molar-refractivity contribution is 7.69. The summed E-state index contributed by atoms with van der Waals surface area (Å²) in [5.74, 6) is -1.74. The van der Waals surface area contributed by atoms with Crippen molar-refractivity contribution in [2.45, 2.75) is 63.1 Å². The molecular weight excluding hydrogens is 621 g/mol. The highest BCUT2D eigenvalue weighted by Crippen LogP contribution is 2.51. The Morgan fingerprint density at radius 1 is 1.11 bits per heavy atom. The minimum atomic E-state index is -2.91. The fourth-order valence-corrected chi connectivity index (χ4v) is 7.81. The van der Waals surface area contributed by atoms with Gasteiger partial charge in [0.05, 0.1) is 23.5 Å². The van der Waals surface area contributed by atoms with Gasteiger partial charge in [-0.25, -0.2) is 8.42 Å². The Kier molecular flexibility index (Phi) is 9.66. The number of carbonyl (C=O) groups is 2. The van der Waals surface area contributed by atoms with Crippen molar-refractivity contribution < 1.29 is 23.1 Å². The summed E-state index contributed by atoms with van der Waals surface area (Å²) in [4.78, 5) is 25.2. The van der Waals surface area contributed by atoms with E-state index in [0.717, 1.165) is 16.7 Å². The predicted octanol–water partition coefficient (Wildman–Crippen LogP) is 5.91. The van der Waals surface area contributed by atoms with Crippen molar-refractivity contribution in [2.24, 2.45) is 11.3 Å². The Balaban J connectivity index is 1.47. The zero-order chi connectivity index (χ0) is 31.6. The molecule has 3 aromatic carbocycles. The van der Waals surface area contributed by atoms with Crippen LogP contribution in [0.3, 0.4) is 0 Å². The summed E-state index contributed by atoms with van der Waals surface area (Å²) >= 11 is 12.6. The third kappa shape index (κ3) is 7.27. The van der Waals surface area contributed by atoms with Crippen molar-refractivity contribution >= 4 is 46.0 Å². The smallest absolute Gasteiger partial charge is 0.304 e. The lowest BCUT2D eigenvalue weighted by atomic mass is 9.68. The van der Waals surface area contributed by atoms with Crippen LogP contribution in [0.25, 0.3) is 0 Å². The van der Waals surface area contributed by atoms with Gasteiger partial charge in [-0.2, -0.15) is 9.57 Å². The van der Waals surface area contributed by atoms with Gasteiger partial charge in [0, 0.05) is 34.6 Å². The van der Waals surface area contributed by atoms with Crippen LogP contribution in [0.4, 0.5) is 0 Å². The van der Waals surface area contributed by atoms with Gasteiger partial charge >= 0.3 is 5.97 Å². The summed E-state index contributed by atoms with van der Waals surface area (Å²) in [6.45, 7) is 1.84. The number of hydrogen-bond acceptors (Lipinski definition) is 5. The second kappa shape index (κ2) is 13.3. The average Bonchev–Trinajstić information content (AvgIpc) is 3.76. The fourth-order valence-electron chi connectivity index (χ4n) is 6.70. The van der Waals surface area contributed by atoms with E-state index in [0.29, 0.717) is 34.9 Å². The number of hydrogen-bond donors (Lipinski definition) is 3. The highest BCUT2D eigenvalue weighted by atomic mass is 35.5. The topological polar surface area (TPSA) is 128 Å². The molecule has 0 bridgehead atoms. The maximum Gasteiger partial charge on any atom is 0.304 e. The predicted molar refractivity (Wildman–Crippen MR) is 169 cm³/mol. The molecule has 1 amide bonds. The van der Waals surface area contributed by atoms with Crippen LogP contribution in [0.15, 0.2) is 72.8 Å².